The number of nitrogens with zero attached hydrogens (tertiary/aromatic N) is 3. The molecule has 0 aliphatic carbocycles. The van der Waals surface area contributed by atoms with E-state index in [4.69, 9.17) is 0 Å². The van der Waals surface area contributed by atoms with Crippen molar-refractivity contribution in [2.24, 2.45) is 0 Å². The molecule has 0 unspecified atom stereocenters. The Morgan fingerprint density at radius 1 is 0.963 bits per heavy atom. The van der Waals surface area contributed by atoms with Gasteiger partial charge in [0.05, 0.1) is 16.7 Å². The number of carbonyl (C=O) groups excluding carboxylic acids is 1. The number of amides is 1. The number of imidazole rings is 1. The van der Waals surface area contributed by atoms with E-state index in [1.807, 2.05) is 38.1 Å². The lowest BCUT2D eigenvalue weighted by Crippen LogP contribution is -2.26. The van der Waals surface area contributed by atoms with E-state index in [1.165, 1.54) is 10.6 Å². The van der Waals surface area contributed by atoms with E-state index in [0.29, 0.717) is 25.3 Å². The smallest absolute Gasteiger partial charge is 0.325 e. The van der Waals surface area contributed by atoms with Crippen LogP contribution in [0.4, 0.5) is 5.69 Å². The molecule has 1 amide bonds. The molecule has 0 radical (unpaired) electrons. The molecule has 7 heteroatoms. The van der Waals surface area contributed by atoms with Gasteiger partial charge in [-0.25, -0.2) is 4.79 Å². The Balaban J connectivity index is 1.77. The standard InChI is InChI=1S/C20H24N4O3/c1-3-12-23-16-7-5-6-8-17(16)24(20(23)27)13-11-18(25)21-15-9-10-19(26)22(4-2)14-15/h5-10,14H,3-4,11-13H2,1-2H3,(H,21,25). The zero-order chi connectivity index (χ0) is 19.4. The van der Waals surface area contributed by atoms with Gasteiger partial charge in [-0.2, -0.15) is 0 Å². The first-order valence-electron chi connectivity index (χ1n) is 9.23. The number of para-hydroxylation sites is 2. The van der Waals surface area contributed by atoms with E-state index in [1.54, 1.807) is 21.4 Å². The molecule has 0 saturated carbocycles. The van der Waals surface area contributed by atoms with Gasteiger partial charge >= 0.3 is 5.69 Å². The molecule has 0 aliphatic rings. The van der Waals surface area contributed by atoms with Crippen LogP contribution < -0.4 is 16.6 Å². The number of fused-ring (bicyclic) bond motifs is 1. The zero-order valence-electron chi connectivity index (χ0n) is 15.6. The minimum atomic E-state index is -0.199. The summed E-state index contributed by atoms with van der Waals surface area (Å²) in [6, 6.07) is 10.7. The van der Waals surface area contributed by atoms with Crippen molar-refractivity contribution in [3.8, 4) is 0 Å². The minimum absolute atomic E-state index is 0.0922. The molecule has 0 atom stereocenters. The molecule has 3 aromatic rings. The lowest BCUT2D eigenvalue weighted by molar-refractivity contribution is -0.116. The summed E-state index contributed by atoms with van der Waals surface area (Å²) in [5.41, 5.74) is 2.10. The number of hydrogen-bond donors (Lipinski definition) is 1. The van der Waals surface area contributed by atoms with E-state index in [9.17, 15) is 14.4 Å². The van der Waals surface area contributed by atoms with Crippen molar-refractivity contribution < 1.29 is 4.79 Å². The fourth-order valence-corrected chi connectivity index (χ4v) is 3.22. The summed E-state index contributed by atoms with van der Waals surface area (Å²) in [7, 11) is 0. The normalized spacial score (nSPS) is 11.0. The molecular formula is C20H24N4O3. The highest BCUT2D eigenvalue weighted by atomic mass is 16.2. The Labute approximate surface area is 156 Å². The second-order valence-electron chi connectivity index (χ2n) is 6.41. The molecule has 7 nitrogen and oxygen atoms in total. The number of anilines is 1. The maximum absolute atomic E-state index is 12.7. The summed E-state index contributed by atoms with van der Waals surface area (Å²) < 4.78 is 4.93. The van der Waals surface area contributed by atoms with Crippen LogP contribution in [0.15, 0.2) is 52.2 Å². The number of carbonyl (C=O) groups is 1. The average Bonchev–Trinajstić information content (AvgIpc) is 2.93. The van der Waals surface area contributed by atoms with Crippen molar-refractivity contribution in [1.82, 2.24) is 13.7 Å². The summed E-state index contributed by atoms with van der Waals surface area (Å²) in [6.07, 6.45) is 2.66. The molecule has 0 aliphatic heterocycles. The lowest BCUT2D eigenvalue weighted by Gasteiger charge is -2.08. The molecular weight excluding hydrogens is 344 g/mol. The van der Waals surface area contributed by atoms with Crippen LogP contribution >= 0.6 is 0 Å². The Bertz CT molecular complexity index is 1070. The first-order valence-corrected chi connectivity index (χ1v) is 9.23. The van der Waals surface area contributed by atoms with Crippen LogP contribution in [0, 0.1) is 0 Å². The first-order chi connectivity index (χ1) is 13.0. The highest BCUT2D eigenvalue weighted by Gasteiger charge is 2.13. The van der Waals surface area contributed by atoms with Crippen molar-refractivity contribution in [3.05, 3.63) is 63.4 Å². The maximum Gasteiger partial charge on any atom is 0.329 e. The van der Waals surface area contributed by atoms with Gasteiger partial charge in [-0.15, -0.1) is 0 Å². The monoisotopic (exact) mass is 368 g/mol. The van der Waals surface area contributed by atoms with E-state index in [2.05, 4.69) is 5.32 Å². The minimum Gasteiger partial charge on any atom is -0.325 e. The summed E-state index contributed by atoms with van der Waals surface area (Å²) in [5.74, 6) is -0.199. The molecule has 2 aromatic heterocycles. The Morgan fingerprint density at radius 2 is 1.63 bits per heavy atom. The highest BCUT2D eigenvalue weighted by Crippen LogP contribution is 2.14. The van der Waals surface area contributed by atoms with Crippen molar-refractivity contribution in [2.75, 3.05) is 5.32 Å². The number of aryl methyl sites for hydroxylation is 3. The second kappa shape index (κ2) is 8.07. The Hall–Kier alpha value is -3.09. The van der Waals surface area contributed by atoms with Gasteiger partial charge in [0, 0.05) is 38.3 Å². The molecule has 1 N–H and O–H groups in total. The molecule has 0 bridgehead atoms. The summed E-state index contributed by atoms with van der Waals surface area (Å²) >= 11 is 0. The number of benzene rings is 1. The van der Waals surface area contributed by atoms with Gasteiger partial charge in [0.15, 0.2) is 0 Å². The first kappa shape index (κ1) is 18.7. The number of nitrogens with one attached hydrogen (secondary N) is 1. The van der Waals surface area contributed by atoms with Crippen LogP contribution in [-0.2, 0) is 24.4 Å². The van der Waals surface area contributed by atoms with Crippen LogP contribution in [0.1, 0.15) is 26.7 Å². The van der Waals surface area contributed by atoms with E-state index >= 15 is 0 Å². The SMILES string of the molecule is CCCn1c(=O)n(CCC(=O)Nc2ccc(=O)n(CC)c2)c2ccccc21. The second-order valence-corrected chi connectivity index (χ2v) is 6.41. The van der Waals surface area contributed by atoms with Crippen LogP contribution in [0.5, 0.6) is 0 Å². The molecule has 0 spiro atoms. The third-order valence-corrected chi connectivity index (χ3v) is 4.54. The molecule has 27 heavy (non-hydrogen) atoms. The van der Waals surface area contributed by atoms with Gasteiger partial charge in [0.2, 0.25) is 5.91 Å². The average molecular weight is 368 g/mol. The van der Waals surface area contributed by atoms with Crippen LogP contribution in [0.3, 0.4) is 0 Å². The van der Waals surface area contributed by atoms with Gasteiger partial charge in [0.25, 0.3) is 5.56 Å². The van der Waals surface area contributed by atoms with E-state index < -0.39 is 0 Å². The fraction of sp³-hybridized carbons (Fsp3) is 0.350. The third kappa shape index (κ3) is 3.86. The number of rotatable bonds is 7. The summed E-state index contributed by atoms with van der Waals surface area (Å²) in [5, 5.41) is 2.79. The van der Waals surface area contributed by atoms with Gasteiger partial charge in [0.1, 0.15) is 0 Å². The van der Waals surface area contributed by atoms with Crippen LogP contribution in [0.25, 0.3) is 11.0 Å². The molecule has 142 valence electrons. The molecule has 3 rings (SSSR count). The number of aromatic nitrogens is 3. The van der Waals surface area contributed by atoms with Crippen molar-refractivity contribution in [1.29, 1.82) is 0 Å². The van der Waals surface area contributed by atoms with E-state index in [0.717, 1.165) is 17.5 Å². The highest BCUT2D eigenvalue weighted by molar-refractivity contribution is 5.90. The van der Waals surface area contributed by atoms with Gasteiger partial charge in [-0.05, 0) is 31.5 Å². The van der Waals surface area contributed by atoms with Crippen LogP contribution in [0.2, 0.25) is 0 Å². The van der Waals surface area contributed by atoms with Gasteiger partial charge < -0.3 is 9.88 Å². The van der Waals surface area contributed by atoms with Crippen molar-refractivity contribution in [2.45, 2.75) is 46.3 Å². The fourth-order valence-electron chi connectivity index (χ4n) is 3.22. The quantitative estimate of drug-likeness (QED) is 0.696. The topological polar surface area (TPSA) is 78.0 Å². The molecule has 2 heterocycles. The Morgan fingerprint density at radius 3 is 2.26 bits per heavy atom. The van der Waals surface area contributed by atoms with Gasteiger partial charge in [-0.1, -0.05) is 19.1 Å². The van der Waals surface area contributed by atoms with Gasteiger partial charge in [-0.3, -0.25) is 18.7 Å². The predicted octanol–water partition coefficient (Wildman–Crippen LogP) is 2.42. The van der Waals surface area contributed by atoms with Crippen molar-refractivity contribution in [3.63, 3.8) is 0 Å². The Kier molecular flexibility index (Phi) is 5.59. The van der Waals surface area contributed by atoms with Crippen LogP contribution in [-0.4, -0.2) is 19.6 Å². The largest absolute Gasteiger partial charge is 0.329 e. The predicted molar refractivity (Wildman–Crippen MR) is 106 cm³/mol. The molecule has 0 saturated heterocycles. The lowest BCUT2D eigenvalue weighted by atomic mass is 10.3. The third-order valence-electron chi connectivity index (χ3n) is 4.54. The number of pyridine rings is 1. The summed E-state index contributed by atoms with van der Waals surface area (Å²) in [6.45, 7) is 5.38. The maximum atomic E-state index is 12.7. The molecule has 0 fully saturated rings. The number of hydrogen-bond acceptors (Lipinski definition) is 3. The molecule has 1 aromatic carbocycles. The summed E-state index contributed by atoms with van der Waals surface area (Å²) in [4.78, 5) is 36.7. The zero-order valence-corrected chi connectivity index (χ0v) is 15.6. The van der Waals surface area contributed by atoms with Crippen molar-refractivity contribution >= 4 is 22.6 Å². The van der Waals surface area contributed by atoms with E-state index in [-0.39, 0.29) is 23.6 Å².